The van der Waals surface area contributed by atoms with Crippen LogP contribution >= 0.6 is 0 Å². The van der Waals surface area contributed by atoms with Crippen molar-refractivity contribution < 1.29 is 14.3 Å². The van der Waals surface area contributed by atoms with Gasteiger partial charge in [0, 0.05) is 58.8 Å². The van der Waals surface area contributed by atoms with Crippen molar-refractivity contribution in [1.82, 2.24) is 14.7 Å². The molecule has 7 nitrogen and oxygen atoms in total. The highest BCUT2D eigenvalue weighted by Gasteiger charge is 2.27. The third kappa shape index (κ3) is 6.04. The molecular weight excluding hydrogens is 428 g/mol. The molecule has 3 aliphatic heterocycles. The standard InChI is InChI=1S/C27H42N4O3/c1-28-11-13-30(14-12-28)20-24(32)19-23-7-5-22(6-8-23)9-10-29-15-17-31(18-16-29)25-3-2-4-26-27(25)34-21-33-26/h2-4,22-23H,5-21H2,1H3. The highest BCUT2D eigenvalue weighted by molar-refractivity contribution is 5.80. The summed E-state index contributed by atoms with van der Waals surface area (Å²) in [4.78, 5) is 22.3. The van der Waals surface area contributed by atoms with Crippen LogP contribution in [0.1, 0.15) is 38.5 Å². The monoisotopic (exact) mass is 470 g/mol. The number of carbonyl (C=O) groups is 1. The van der Waals surface area contributed by atoms with Gasteiger partial charge in [-0.2, -0.15) is 0 Å². The van der Waals surface area contributed by atoms with Gasteiger partial charge in [-0.3, -0.25) is 14.6 Å². The van der Waals surface area contributed by atoms with Crippen LogP contribution in [-0.4, -0.2) is 99.8 Å². The lowest BCUT2D eigenvalue weighted by Crippen LogP contribution is -2.47. The molecule has 1 aromatic carbocycles. The number of hydrogen-bond donors (Lipinski definition) is 0. The molecule has 0 aromatic heterocycles. The van der Waals surface area contributed by atoms with Crippen LogP contribution in [0.3, 0.4) is 0 Å². The van der Waals surface area contributed by atoms with E-state index in [0.717, 1.165) is 76.2 Å². The van der Waals surface area contributed by atoms with Crippen LogP contribution < -0.4 is 14.4 Å². The molecule has 0 amide bonds. The summed E-state index contributed by atoms with van der Waals surface area (Å²) < 4.78 is 11.2. The lowest BCUT2D eigenvalue weighted by molar-refractivity contribution is -0.121. The molecule has 3 fully saturated rings. The second-order valence-electron chi connectivity index (χ2n) is 10.8. The Kier molecular flexibility index (Phi) is 7.92. The van der Waals surface area contributed by atoms with E-state index in [-0.39, 0.29) is 0 Å². The molecule has 7 heteroatoms. The summed E-state index contributed by atoms with van der Waals surface area (Å²) in [6.45, 7) is 10.8. The van der Waals surface area contributed by atoms with Gasteiger partial charge in [0.15, 0.2) is 11.5 Å². The Labute approximate surface area is 204 Å². The fourth-order valence-corrected chi connectivity index (χ4v) is 6.11. The first kappa shape index (κ1) is 23.9. The highest BCUT2D eigenvalue weighted by atomic mass is 16.7. The molecule has 5 rings (SSSR count). The molecule has 2 saturated heterocycles. The van der Waals surface area contributed by atoms with Gasteiger partial charge in [-0.05, 0) is 56.8 Å². The van der Waals surface area contributed by atoms with Gasteiger partial charge in [-0.15, -0.1) is 0 Å². The number of likely N-dealkylation sites (N-methyl/N-ethyl adjacent to an activating group) is 1. The number of ether oxygens (including phenoxy) is 2. The summed E-state index contributed by atoms with van der Waals surface area (Å²) in [6, 6.07) is 6.20. The number of piperazine rings is 2. The first-order valence-corrected chi connectivity index (χ1v) is 13.4. The first-order chi connectivity index (χ1) is 16.6. The summed E-state index contributed by atoms with van der Waals surface area (Å²) in [5.41, 5.74) is 1.18. The van der Waals surface area contributed by atoms with Gasteiger partial charge in [0.2, 0.25) is 6.79 Å². The molecular formula is C27H42N4O3. The van der Waals surface area contributed by atoms with Gasteiger partial charge in [-0.25, -0.2) is 0 Å². The first-order valence-electron chi connectivity index (χ1n) is 13.4. The highest BCUT2D eigenvalue weighted by Crippen LogP contribution is 2.41. The largest absolute Gasteiger partial charge is 0.454 e. The second kappa shape index (κ2) is 11.3. The van der Waals surface area contributed by atoms with E-state index < -0.39 is 0 Å². The Morgan fingerprint density at radius 2 is 1.59 bits per heavy atom. The van der Waals surface area contributed by atoms with E-state index in [1.807, 2.05) is 6.07 Å². The van der Waals surface area contributed by atoms with Gasteiger partial charge in [0.05, 0.1) is 12.2 Å². The lowest BCUT2D eigenvalue weighted by atomic mass is 9.78. The Morgan fingerprint density at radius 1 is 0.882 bits per heavy atom. The number of para-hydroxylation sites is 1. The van der Waals surface area contributed by atoms with E-state index in [1.165, 1.54) is 44.3 Å². The van der Waals surface area contributed by atoms with Gasteiger partial charge >= 0.3 is 0 Å². The minimum absolute atomic E-state index is 0.332. The number of hydrogen-bond acceptors (Lipinski definition) is 7. The van der Waals surface area contributed by atoms with Crippen molar-refractivity contribution in [3.63, 3.8) is 0 Å². The summed E-state index contributed by atoms with van der Waals surface area (Å²) >= 11 is 0. The topological polar surface area (TPSA) is 48.5 Å². The van der Waals surface area contributed by atoms with Crippen molar-refractivity contribution in [2.24, 2.45) is 11.8 Å². The van der Waals surface area contributed by atoms with E-state index in [4.69, 9.17) is 9.47 Å². The maximum absolute atomic E-state index is 12.6. The number of Topliss-reactive ketones (excluding diaryl/α,β-unsaturated/α-hetero) is 1. The Hall–Kier alpha value is -1.83. The molecule has 1 aliphatic carbocycles. The molecule has 1 saturated carbocycles. The Balaban J connectivity index is 0.972. The van der Waals surface area contributed by atoms with Gasteiger partial charge in [0.25, 0.3) is 0 Å². The number of ketones is 1. The van der Waals surface area contributed by atoms with Crippen molar-refractivity contribution in [2.75, 3.05) is 84.2 Å². The summed E-state index contributed by atoms with van der Waals surface area (Å²) in [6.07, 6.45) is 7.21. The quantitative estimate of drug-likeness (QED) is 0.579. The lowest BCUT2D eigenvalue weighted by Gasteiger charge is -2.37. The van der Waals surface area contributed by atoms with Gasteiger partial charge < -0.3 is 19.3 Å². The van der Waals surface area contributed by atoms with Gasteiger partial charge in [-0.1, -0.05) is 18.9 Å². The predicted molar refractivity (Wildman–Crippen MR) is 135 cm³/mol. The normalized spacial score (nSPS) is 26.7. The molecule has 0 radical (unpaired) electrons. The van der Waals surface area contributed by atoms with E-state index in [2.05, 4.69) is 38.8 Å². The van der Waals surface area contributed by atoms with Crippen LogP contribution in [0.5, 0.6) is 11.5 Å². The fraction of sp³-hybridized carbons (Fsp3) is 0.741. The van der Waals surface area contributed by atoms with Crippen molar-refractivity contribution in [3.05, 3.63) is 18.2 Å². The number of rotatable bonds is 8. The zero-order chi connectivity index (χ0) is 23.3. The number of anilines is 1. The van der Waals surface area contributed by atoms with Crippen molar-refractivity contribution in [3.8, 4) is 11.5 Å². The number of benzene rings is 1. The van der Waals surface area contributed by atoms with Crippen LogP contribution in [0.2, 0.25) is 0 Å². The zero-order valence-corrected chi connectivity index (χ0v) is 20.9. The predicted octanol–water partition coefficient (Wildman–Crippen LogP) is 2.94. The fourth-order valence-electron chi connectivity index (χ4n) is 6.11. The van der Waals surface area contributed by atoms with E-state index >= 15 is 0 Å². The minimum Gasteiger partial charge on any atom is -0.454 e. The number of nitrogens with zero attached hydrogens (tertiary/aromatic N) is 4. The van der Waals surface area contributed by atoms with Crippen LogP contribution in [0.15, 0.2) is 18.2 Å². The molecule has 0 atom stereocenters. The Bertz CT molecular complexity index is 810. The SMILES string of the molecule is CN1CCN(CC(=O)CC2CCC(CCN3CCN(c4cccc5c4OCO5)CC3)CC2)CC1. The second-order valence-corrected chi connectivity index (χ2v) is 10.8. The van der Waals surface area contributed by atoms with E-state index in [0.29, 0.717) is 25.0 Å². The molecule has 0 unspecified atom stereocenters. The summed E-state index contributed by atoms with van der Waals surface area (Å²) in [5, 5.41) is 0. The zero-order valence-electron chi connectivity index (χ0n) is 20.9. The maximum atomic E-state index is 12.6. The molecule has 188 valence electrons. The average Bonchev–Trinajstić information content (AvgIpc) is 3.35. The van der Waals surface area contributed by atoms with Crippen LogP contribution in [0.25, 0.3) is 0 Å². The molecule has 0 bridgehead atoms. The van der Waals surface area contributed by atoms with Crippen molar-refractivity contribution in [1.29, 1.82) is 0 Å². The average molecular weight is 471 g/mol. The number of carbonyl (C=O) groups excluding carboxylic acids is 1. The van der Waals surface area contributed by atoms with Crippen molar-refractivity contribution in [2.45, 2.75) is 38.5 Å². The summed E-state index contributed by atoms with van der Waals surface area (Å²) in [5.74, 6) is 3.71. The number of fused-ring (bicyclic) bond motifs is 1. The Morgan fingerprint density at radius 3 is 2.35 bits per heavy atom. The van der Waals surface area contributed by atoms with Crippen LogP contribution in [-0.2, 0) is 4.79 Å². The smallest absolute Gasteiger partial charge is 0.231 e. The third-order valence-electron chi connectivity index (χ3n) is 8.42. The summed E-state index contributed by atoms with van der Waals surface area (Å²) in [7, 11) is 2.17. The van der Waals surface area contributed by atoms with E-state index in [1.54, 1.807) is 0 Å². The van der Waals surface area contributed by atoms with Crippen LogP contribution in [0.4, 0.5) is 5.69 Å². The third-order valence-corrected chi connectivity index (χ3v) is 8.42. The molecule has 1 aromatic rings. The molecule has 3 heterocycles. The molecule has 4 aliphatic rings. The minimum atomic E-state index is 0.332. The van der Waals surface area contributed by atoms with Crippen molar-refractivity contribution >= 4 is 11.5 Å². The maximum Gasteiger partial charge on any atom is 0.231 e. The van der Waals surface area contributed by atoms with Gasteiger partial charge in [0.1, 0.15) is 5.78 Å². The van der Waals surface area contributed by atoms with Crippen LogP contribution in [0, 0.1) is 11.8 Å². The van der Waals surface area contributed by atoms with E-state index in [9.17, 15) is 4.79 Å². The molecule has 0 spiro atoms. The molecule has 0 N–H and O–H groups in total. The molecule has 34 heavy (non-hydrogen) atoms.